The van der Waals surface area contributed by atoms with Crippen molar-refractivity contribution in [3.63, 3.8) is 0 Å². The lowest BCUT2D eigenvalue weighted by molar-refractivity contribution is -0.144. The van der Waals surface area contributed by atoms with E-state index in [2.05, 4.69) is 36.1 Å². The predicted molar refractivity (Wildman–Crippen MR) is 84.6 cm³/mol. The number of nitrogens with one attached hydrogen (secondary N) is 1. The molecule has 0 amide bonds. The van der Waals surface area contributed by atoms with Crippen LogP contribution >= 0.6 is 0 Å². The van der Waals surface area contributed by atoms with E-state index >= 15 is 0 Å². The second-order valence-electron chi connectivity index (χ2n) is 6.97. The minimum Gasteiger partial charge on any atom is -0.480 e. The summed E-state index contributed by atoms with van der Waals surface area (Å²) in [5.74, 6) is -0.667. The van der Waals surface area contributed by atoms with Crippen molar-refractivity contribution in [3.8, 4) is 0 Å². The van der Waals surface area contributed by atoms with E-state index in [-0.39, 0.29) is 0 Å². The van der Waals surface area contributed by atoms with Crippen molar-refractivity contribution in [2.75, 3.05) is 33.7 Å². The fourth-order valence-electron chi connectivity index (χ4n) is 3.86. The van der Waals surface area contributed by atoms with Crippen LogP contribution in [0, 0.1) is 0 Å². The quantitative estimate of drug-likeness (QED) is 0.776. The summed E-state index contributed by atoms with van der Waals surface area (Å²) in [6.45, 7) is 5.08. The van der Waals surface area contributed by atoms with Crippen molar-refractivity contribution in [1.29, 1.82) is 0 Å². The van der Waals surface area contributed by atoms with Crippen LogP contribution in [0.15, 0.2) is 0 Å². The number of carbonyl (C=O) groups is 1. The summed E-state index contributed by atoms with van der Waals surface area (Å²) < 4.78 is 0. The smallest absolute Gasteiger partial charge is 0.323 e. The third-order valence-corrected chi connectivity index (χ3v) is 5.29. The number of nitrogens with zero attached hydrogens (tertiary/aromatic N) is 2. The van der Waals surface area contributed by atoms with Gasteiger partial charge in [-0.2, -0.15) is 0 Å². The van der Waals surface area contributed by atoms with Gasteiger partial charge in [-0.25, -0.2) is 0 Å². The van der Waals surface area contributed by atoms with Gasteiger partial charge in [-0.1, -0.05) is 6.92 Å². The number of carboxylic acids is 1. The maximum Gasteiger partial charge on any atom is 0.323 e. The number of likely N-dealkylation sites (tertiary alicyclic amines) is 1. The van der Waals surface area contributed by atoms with Gasteiger partial charge < -0.3 is 15.3 Å². The fourth-order valence-corrected chi connectivity index (χ4v) is 3.86. The number of likely N-dealkylation sites (N-methyl/N-ethyl adjacent to an activating group) is 1. The highest BCUT2D eigenvalue weighted by Gasteiger charge is 2.47. The molecule has 122 valence electrons. The average molecular weight is 297 g/mol. The van der Waals surface area contributed by atoms with Gasteiger partial charge in [0.15, 0.2) is 0 Å². The van der Waals surface area contributed by atoms with Gasteiger partial charge in [-0.05, 0) is 65.7 Å². The maximum absolute atomic E-state index is 11.7. The number of hydrogen-bond donors (Lipinski definition) is 2. The zero-order valence-electron chi connectivity index (χ0n) is 13.8. The standard InChI is InChI=1S/C16H31N3O2/c1-4-9-17-16(15(20)21)8-7-13(11-16)19-10-5-6-14(12-19)18(2)3/h13-14,17H,4-12H2,1-3H3,(H,20,21). The minimum atomic E-state index is -0.689. The molecule has 0 aromatic carbocycles. The zero-order valence-corrected chi connectivity index (χ0v) is 13.8. The lowest BCUT2D eigenvalue weighted by atomic mass is 9.96. The Morgan fingerprint density at radius 3 is 2.81 bits per heavy atom. The Morgan fingerprint density at radius 2 is 2.19 bits per heavy atom. The van der Waals surface area contributed by atoms with Gasteiger partial charge >= 0.3 is 5.97 Å². The van der Waals surface area contributed by atoms with Crippen molar-refractivity contribution in [2.24, 2.45) is 0 Å². The molecule has 3 unspecified atom stereocenters. The van der Waals surface area contributed by atoms with Crippen LogP contribution in [-0.4, -0.2) is 72.2 Å². The molecule has 0 aromatic heterocycles. The molecule has 5 nitrogen and oxygen atoms in total. The second kappa shape index (κ2) is 7.07. The summed E-state index contributed by atoms with van der Waals surface area (Å²) in [5, 5.41) is 13.0. The number of hydrogen-bond acceptors (Lipinski definition) is 4. The van der Waals surface area contributed by atoms with Crippen molar-refractivity contribution >= 4 is 5.97 Å². The average Bonchev–Trinajstić information content (AvgIpc) is 2.91. The van der Waals surface area contributed by atoms with Gasteiger partial charge in [0, 0.05) is 18.6 Å². The van der Waals surface area contributed by atoms with Crippen LogP contribution in [0.2, 0.25) is 0 Å². The van der Waals surface area contributed by atoms with E-state index in [1.165, 1.54) is 12.8 Å². The molecular weight excluding hydrogens is 266 g/mol. The largest absolute Gasteiger partial charge is 0.480 e. The molecule has 1 aliphatic carbocycles. The Morgan fingerprint density at radius 1 is 1.43 bits per heavy atom. The zero-order chi connectivity index (χ0) is 15.5. The van der Waals surface area contributed by atoms with E-state index in [0.29, 0.717) is 12.1 Å². The highest BCUT2D eigenvalue weighted by atomic mass is 16.4. The second-order valence-corrected chi connectivity index (χ2v) is 6.97. The van der Waals surface area contributed by atoms with E-state index in [0.717, 1.165) is 45.3 Å². The molecule has 1 aliphatic heterocycles. The summed E-state index contributed by atoms with van der Waals surface area (Å²) in [5.41, 5.74) is -0.689. The fraction of sp³-hybridized carbons (Fsp3) is 0.938. The van der Waals surface area contributed by atoms with Crippen molar-refractivity contribution in [3.05, 3.63) is 0 Å². The van der Waals surface area contributed by atoms with E-state index in [4.69, 9.17) is 0 Å². The first-order chi connectivity index (χ1) is 9.98. The van der Waals surface area contributed by atoms with E-state index in [9.17, 15) is 9.90 Å². The van der Waals surface area contributed by atoms with E-state index in [1.54, 1.807) is 0 Å². The first-order valence-corrected chi connectivity index (χ1v) is 8.37. The lowest BCUT2D eigenvalue weighted by Gasteiger charge is -2.40. The molecule has 3 atom stereocenters. The van der Waals surface area contributed by atoms with Crippen LogP contribution in [0.1, 0.15) is 45.4 Å². The summed E-state index contributed by atoms with van der Waals surface area (Å²) in [7, 11) is 4.29. The lowest BCUT2D eigenvalue weighted by Crippen LogP contribution is -2.53. The topological polar surface area (TPSA) is 55.8 Å². The summed E-state index contributed by atoms with van der Waals surface area (Å²) in [6, 6.07) is 1.04. The molecule has 2 rings (SSSR count). The van der Waals surface area contributed by atoms with E-state index < -0.39 is 11.5 Å². The van der Waals surface area contributed by atoms with Gasteiger partial charge in [-0.15, -0.1) is 0 Å². The molecule has 0 spiro atoms. The highest BCUT2D eigenvalue weighted by molar-refractivity contribution is 5.79. The molecule has 2 aliphatic rings. The molecule has 1 saturated carbocycles. The van der Waals surface area contributed by atoms with Crippen molar-refractivity contribution < 1.29 is 9.90 Å². The normalized spacial score (nSPS) is 34.5. The van der Waals surface area contributed by atoms with Crippen LogP contribution in [0.3, 0.4) is 0 Å². The van der Waals surface area contributed by atoms with Gasteiger partial charge in [0.1, 0.15) is 5.54 Å². The SMILES string of the molecule is CCCNC1(C(=O)O)CCC(N2CCCC(N(C)C)C2)C1. The first kappa shape index (κ1) is 16.7. The van der Waals surface area contributed by atoms with Gasteiger partial charge in [0.05, 0.1) is 0 Å². The third-order valence-electron chi connectivity index (χ3n) is 5.29. The maximum atomic E-state index is 11.7. The summed E-state index contributed by atoms with van der Waals surface area (Å²) in [4.78, 5) is 16.6. The van der Waals surface area contributed by atoms with Gasteiger partial charge in [0.2, 0.25) is 0 Å². The third kappa shape index (κ3) is 3.76. The Hall–Kier alpha value is -0.650. The number of carboxylic acid groups (broad SMARTS) is 1. The molecule has 2 N–H and O–H groups in total. The number of piperidine rings is 1. The van der Waals surface area contributed by atoms with Crippen molar-refractivity contribution in [2.45, 2.75) is 63.1 Å². The Bertz CT molecular complexity index is 361. The molecule has 0 aromatic rings. The van der Waals surface area contributed by atoms with E-state index in [1.807, 2.05) is 0 Å². The molecule has 1 saturated heterocycles. The molecule has 5 heteroatoms. The minimum absolute atomic E-state index is 0.424. The number of rotatable bonds is 6. The Labute approximate surface area is 128 Å². The molecular formula is C16H31N3O2. The molecule has 2 fully saturated rings. The van der Waals surface area contributed by atoms with Crippen LogP contribution in [0.5, 0.6) is 0 Å². The van der Waals surface area contributed by atoms with Crippen LogP contribution in [-0.2, 0) is 4.79 Å². The van der Waals surface area contributed by atoms with Crippen LogP contribution < -0.4 is 5.32 Å². The number of aliphatic carboxylic acids is 1. The monoisotopic (exact) mass is 297 g/mol. The Balaban J connectivity index is 1.98. The Kier molecular flexibility index (Phi) is 5.63. The highest BCUT2D eigenvalue weighted by Crippen LogP contribution is 2.35. The summed E-state index contributed by atoms with van der Waals surface area (Å²) in [6.07, 6.45) is 5.98. The summed E-state index contributed by atoms with van der Waals surface area (Å²) >= 11 is 0. The van der Waals surface area contributed by atoms with Gasteiger partial charge in [0.25, 0.3) is 0 Å². The molecule has 0 radical (unpaired) electrons. The van der Waals surface area contributed by atoms with Crippen molar-refractivity contribution in [1.82, 2.24) is 15.1 Å². The van der Waals surface area contributed by atoms with Crippen LogP contribution in [0.25, 0.3) is 0 Å². The van der Waals surface area contributed by atoms with Gasteiger partial charge in [-0.3, -0.25) is 9.69 Å². The predicted octanol–water partition coefficient (Wildman–Crippen LogP) is 1.39. The molecule has 0 bridgehead atoms. The first-order valence-electron chi connectivity index (χ1n) is 8.37. The van der Waals surface area contributed by atoms with Crippen LogP contribution in [0.4, 0.5) is 0 Å². The molecule has 1 heterocycles. The molecule has 21 heavy (non-hydrogen) atoms.